The van der Waals surface area contributed by atoms with Gasteiger partial charge >= 0.3 is 6.18 Å². The largest absolute Gasteiger partial charge is 0.453 e. The van der Waals surface area contributed by atoms with Gasteiger partial charge in [-0.05, 0) is 59.1 Å². The van der Waals surface area contributed by atoms with Crippen LogP contribution in [0.25, 0.3) is 5.69 Å². The molecule has 2 atom stereocenters. The topological polar surface area (TPSA) is 50.1 Å². The fourth-order valence-corrected chi connectivity index (χ4v) is 6.21. The molecule has 0 bridgehead atoms. The maximum absolute atomic E-state index is 15.0. The first-order valence-electron chi connectivity index (χ1n) is 13.1. The van der Waals surface area contributed by atoms with Crippen molar-refractivity contribution < 1.29 is 17.6 Å². The zero-order valence-corrected chi connectivity index (χ0v) is 23.6. The number of piperazine rings is 1. The number of halogens is 6. The van der Waals surface area contributed by atoms with Crippen LogP contribution in [0.5, 0.6) is 0 Å². The lowest BCUT2D eigenvalue weighted by Gasteiger charge is -2.47. The fourth-order valence-electron chi connectivity index (χ4n) is 6.21. The van der Waals surface area contributed by atoms with E-state index in [4.69, 9.17) is 0 Å². The Balaban J connectivity index is 0.00000194. The summed E-state index contributed by atoms with van der Waals surface area (Å²) in [5, 5.41) is 9.82. The lowest BCUT2D eigenvalue weighted by Crippen LogP contribution is -2.57. The Morgan fingerprint density at radius 2 is 1.54 bits per heavy atom. The Morgan fingerprint density at radius 3 is 2.17 bits per heavy atom. The molecule has 0 amide bonds. The molecule has 2 saturated heterocycles. The highest BCUT2D eigenvalue weighted by atomic mass is 35.5. The molecule has 0 saturated carbocycles. The molecule has 0 spiro atoms. The SMILES string of the molecule is Cl.Cl.Fc1ccc(-n2nnnc2C(F)(F)F)cc1CN1CC(C(c2ccccc2)c2ccccc2)N2CCC[C@H]2C1. The molecule has 0 N–H and O–H groups in total. The number of hydrogen-bond acceptors (Lipinski definition) is 5. The molecular formula is C29H30Cl2F4N6. The zero-order chi connectivity index (χ0) is 27.0. The first-order valence-corrected chi connectivity index (χ1v) is 13.1. The molecule has 6 rings (SSSR count). The number of tetrazole rings is 1. The Kier molecular flexibility index (Phi) is 9.69. The number of benzene rings is 3. The van der Waals surface area contributed by atoms with Gasteiger partial charge in [0.2, 0.25) is 0 Å². The van der Waals surface area contributed by atoms with E-state index in [0.717, 1.165) is 25.9 Å². The second-order valence-electron chi connectivity index (χ2n) is 10.3. The highest BCUT2D eigenvalue weighted by Gasteiger charge is 2.42. The Bertz CT molecular complexity index is 1380. The van der Waals surface area contributed by atoms with Gasteiger partial charge in [0.05, 0.1) is 5.69 Å². The van der Waals surface area contributed by atoms with Gasteiger partial charge in [-0.3, -0.25) is 9.80 Å². The van der Waals surface area contributed by atoms with Crippen LogP contribution in [0.2, 0.25) is 0 Å². The zero-order valence-electron chi connectivity index (χ0n) is 22.0. The predicted octanol–water partition coefficient (Wildman–Crippen LogP) is 6.14. The number of rotatable bonds is 6. The van der Waals surface area contributed by atoms with Gasteiger partial charge in [0.1, 0.15) is 5.82 Å². The summed E-state index contributed by atoms with van der Waals surface area (Å²) in [6, 6.07) is 25.3. The quantitative estimate of drug-likeness (QED) is 0.246. The van der Waals surface area contributed by atoms with Gasteiger partial charge in [-0.1, -0.05) is 60.7 Å². The highest BCUT2D eigenvalue weighted by Crippen LogP contribution is 2.38. The van der Waals surface area contributed by atoms with Gasteiger partial charge in [-0.2, -0.15) is 17.9 Å². The van der Waals surface area contributed by atoms with Crippen molar-refractivity contribution in [2.75, 3.05) is 19.6 Å². The average Bonchev–Trinajstić information content (AvgIpc) is 3.62. The van der Waals surface area contributed by atoms with E-state index < -0.39 is 17.8 Å². The van der Waals surface area contributed by atoms with Gasteiger partial charge in [0.25, 0.3) is 5.82 Å². The molecule has 1 aromatic heterocycles. The van der Waals surface area contributed by atoms with Crippen molar-refractivity contribution in [1.82, 2.24) is 30.0 Å². The van der Waals surface area contributed by atoms with Crippen LogP contribution < -0.4 is 0 Å². The van der Waals surface area contributed by atoms with Gasteiger partial charge < -0.3 is 0 Å². The van der Waals surface area contributed by atoms with E-state index in [1.54, 1.807) is 0 Å². The molecule has 12 heteroatoms. The second-order valence-corrected chi connectivity index (χ2v) is 10.3. The third kappa shape index (κ3) is 6.40. The summed E-state index contributed by atoms with van der Waals surface area (Å²) in [6.07, 6.45) is -2.56. The third-order valence-electron chi connectivity index (χ3n) is 7.86. The lowest BCUT2D eigenvalue weighted by molar-refractivity contribution is -0.146. The van der Waals surface area contributed by atoms with Crippen LogP contribution in [0, 0.1) is 5.82 Å². The molecule has 0 radical (unpaired) electrons. The normalized spacial score (nSPS) is 19.4. The van der Waals surface area contributed by atoms with Crippen molar-refractivity contribution >= 4 is 24.8 Å². The van der Waals surface area contributed by atoms with E-state index in [-0.39, 0.29) is 49.0 Å². The van der Waals surface area contributed by atoms with E-state index in [1.807, 2.05) is 12.1 Å². The predicted molar refractivity (Wildman–Crippen MR) is 152 cm³/mol. The maximum atomic E-state index is 15.0. The third-order valence-corrected chi connectivity index (χ3v) is 7.86. The molecule has 3 aromatic carbocycles. The number of hydrogen-bond donors (Lipinski definition) is 0. The Hall–Kier alpha value is -3.05. The summed E-state index contributed by atoms with van der Waals surface area (Å²) in [6.45, 7) is 2.77. The van der Waals surface area contributed by atoms with E-state index in [2.05, 4.69) is 73.9 Å². The van der Waals surface area contributed by atoms with Crippen molar-refractivity contribution in [1.29, 1.82) is 0 Å². The van der Waals surface area contributed by atoms with Crippen LogP contribution in [-0.2, 0) is 12.7 Å². The summed E-state index contributed by atoms with van der Waals surface area (Å²) in [5.41, 5.74) is 2.85. The highest BCUT2D eigenvalue weighted by molar-refractivity contribution is 5.85. The summed E-state index contributed by atoms with van der Waals surface area (Å²) in [4.78, 5) is 4.84. The van der Waals surface area contributed by atoms with Gasteiger partial charge in [0.15, 0.2) is 0 Å². The van der Waals surface area contributed by atoms with Crippen LogP contribution in [0.15, 0.2) is 78.9 Å². The number of fused-ring (bicyclic) bond motifs is 1. The smallest absolute Gasteiger partial charge is 0.296 e. The summed E-state index contributed by atoms with van der Waals surface area (Å²) < 4.78 is 55.8. The van der Waals surface area contributed by atoms with Gasteiger partial charge in [-0.15, -0.1) is 29.9 Å². The molecule has 2 aliphatic heterocycles. The molecule has 2 aliphatic rings. The lowest BCUT2D eigenvalue weighted by atomic mass is 9.82. The van der Waals surface area contributed by atoms with Crippen molar-refractivity contribution in [3.05, 3.63) is 107 Å². The molecule has 4 aromatic rings. The van der Waals surface area contributed by atoms with Crippen LogP contribution in [0.3, 0.4) is 0 Å². The van der Waals surface area contributed by atoms with E-state index in [9.17, 15) is 13.2 Å². The molecule has 0 aliphatic carbocycles. The summed E-state index contributed by atoms with van der Waals surface area (Å²) in [7, 11) is 0. The standard InChI is InChI=1S/C29H28F4N6.2ClH/c30-25-14-13-23(39-28(29(31,32)33)34-35-36-39)16-22(25)17-37-18-24-12-7-15-38(24)26(19-37)27(20-8-3-1-4-9-20)21-10-5-2-6-11-21;;/h1-6,8-11,13-14,16,24,26-27H,7,12,15,17-19H2;2*1H/t24-,26?;;/m0../s1. The maximum Gasteiger partial charge on any atom is 0.453 e. The molecular weight excluding hydrogens is 579 g/mol. The minimum Gasteiger partial charge on any atom is -0.296 e. The Labute approximate surface area is 248 Å². The van der Waals surface area contributed by atoms with Crippen LogP contribution in [0.1, 0.15) is 41.3 Å². The molecule has 41 heavy (non-hydrogen) atoms. The van der Waals surface area contributed by atoms with Crippen molar-refractivity contribution in [2.24, 2.45) is 0 Å². The van der Waals surface area contributed by atoms with Crippen molar-refractivity contribution in [3.8, 4) is 5.69 Å². The molecule has 2 fully saturated rings. The summed E-state index contributed by atoms with van der Waals surface area (Å²) >= 11 is 0. The van der Waals surface area contributed by atoms with E-state index in [0.29, 0.717) is 22.8 Å². The number of alkyl halides is 3. The average molecular weight is 609 g/mol. The minimum absolute atomic E-state index is 0. The van der Waals surface area contributed by atoms with Crippen molar-refractivity contribution in [3.63, 3.8) is 0 Å². The van der Waals surface area contributed by atoms with E-state index in [1.165, 1.54) is 29.3 Å². The molecule has 3 heterocycles. The number of nitrogens with zero attached hydrogens (tertiary/aromatic N) is 6. The Morgan fingerprint density at radius 1 is 0.878 bits per heavy atom. The minimum atomic E-state index is -4.73. The van der Waals surface area contributed by atoms with Gasteiger partial charge in [0, 0.05) is 43.2 Å². The fraction of sp³-hybridized carbons (Fsp3) is 0.345. The van der Waals surface area contributed by atoms with Crippen molar-refractivity contribution in [2.45, 2.75) is 43.6 Å². The molecule has 218 valence electrons. The van der Waals surface area contributed by atoms with Gasteiger partial charge in [-0.25, -0.2) is 4.39 Å². The van der Waals surface area contributed by atoms with Crippen LogP contribution in [0.4, 0.5) is 17.6 Å². The van der Waals surface area contributed by atoms with Crippen LogP contribution in [-0.4, -0.2) is 61.7 Å². The van der Waals surface area contributed by atoms with Crippen LogP contribution >= 0.6 is 24.8 Å². The monoisotopic (exact) mass is 608 g/mol. The molecule has 1 unspecified atom stereocenters. The first kappa shape index (κ1) is 30.9. The second kappa shape index (κ2) is 12.9. The van der Waals surface area contributed by atoms with E-state index >= 15 is 4.39 Å². The first-order chi connectivity index (χ1) is 18.9. The summed E-state index contributed by atoms with van der Waals surface area (Å²) in [5.74, 6) is -1.58. The molecule has 6 nitrogen and oxygen atoms in total. The number of aromatic nitrogens is 4.